The van der Waals surface area contributed by atoms with Crippen molar-refractivity contribution in [3.63, 3.8) is 0 Å². The molecule has 1 aromatic heterocycles. The number of ether oxygens (including phenoxy) is 2. The van der Waals surface area contributed by atoms with E-state index in [0.717, 1.165) is 57.3 Å². The average molecular weight is 386 g/mol. The van der Waals surface area contributed by atoms with Crippen LogP contribution in [-0.2, 0) is 9.47 Å². The first-order chi connectivity index (χ1) is 13.8. The minimum absolute atomic E-state index is 0.125. The Labute approximate surface area is 167 Å². The minimum Gasteiger partial charge on any atom is -0.381 e. The van der Waals surface area contributed by atoms with Gasteiger partial charge in [-0.2, -0.15) is 5.10 Å². The Hall–Kier alpha value is -2.38. The number of hydrogen-bond acceptors (Lipinski definition) is 4. The van der Waals surface area contributed by atoms with Crippen molar-refractivity contribution in [1.82, 2.24) is 20.4 Å². The summed E-state index contributed by atoms with van der Waals surface area (Å²) in [7, 11) is 1.79. The third-order valence-corrected chi connectivity index (χ3v) is 4.85. The van der Waals surface area contributed by atoms with Crippen LogP contribution in [0.25, 0.3) is 5.69 Å². The lowest BCUT2D eigenvalue weighted by atomic mass is 10.1. The smallest absolute Gasteiger partial charge is 0.191 e. The topological polar surface area (TPSA) is 72.7 Å². The lowest BCUT2D eigenvalue weighted by Gasteiger charge is -2.22. The quantitative estimate of drug-likeness (QED) is 0.415. The molecule has 0 spiro atoms. The molecule has 1 fully saturated rings. The van der Waals surface area contributed by atoms with Gasteiger partial charge in [0.25, 0.3) is 0 Å². The summed E-state index contributed by atoms with van der Waals surface area (Å²) >= 11 is 0. The van der Waals surface area contributed by atoms with E-state index in [4.69, 9.17) is 9.47 Å². The summed E-state index contributed by atoms with van der Waals surface area (Å²) in [5, 5.41) is 11.1. The van der Waals surface area contributed by atoms with E-state index in [-0.39, 0.29) is 6.04 Å². The summed E-state index contributed by atoms with van der Waals surface area (Å²) in [6, 6.07) is 10.4. The van der Waals surface area contributed by atoms with Crippen molar-refractivity contribution in [2.75, 3.05) is 33.4 Å². The van der Waals surface area contributed by atoms with Gasteiger partial charge in [0.2, 0.25) is 0 Å². The number of benzene rings is 1. The molecule has 1 aliphatic rings. The first-order valence-electron chi connectivity index (χ1n) is 10.0. The lowest BCUT2D eigenvalue weighted by molar-refractivity contribution is -0.0320. The molecule has 2 heterocycles. The van der Waals surface area contributed by atoms with Gasteiger partial charge in [-0.3, -0.25) is 4.99 Å². The highest BCUT2D eigenvalue weighted by Crippen LogP contribution is 2.16. The van der Waals surface area contributed by atoms with Gasteiger partial charge in [0.1, 0.15) is 0 Å². The van der Waals surface area contributed by atoms with E-state index >= 15 is 0 Å². The van der Waals surface area contributed by atoms with Crippen molar-refractivity contribution in [3.05, 3.63) is 48.3 Å². The van der Waals surface area contributed by atoms with Crippen molar-refractivity contribution in [2.45, 2.75) is 38.3 Å². The summed E-state index contributed by atoms with van der Waals surface area (Å²) in [5.41, 5.74) is 2.23. The number of hydrogen-bond donors (Lipinski definition) is 2. The van der Waals surface area contributed by atoms with Gasteiger partial charge in [0.15, 0.2) is 5.96 Å². The van der Waals surface area contributed by atoms with Crippen molar-refractivity contribution >= 4 is 5.96 Å². The molecule has 0 radical (unpaired) electrons. The largest absolute Gasteiger partial charge is 0.381 e. The molecule has 152 valence electrons. The van der Waals surface area contributed by atoms with Crippen LogP contribution in [0.1, 0.15) is 37.8 Å². The van der Waals surface area contributed by atoms with Crippen LogP contribution in [0, 0.1) is 0 Å². The van der Waals surface area contributed by atoms with Gasteiger partial charge in [0.05, 0.1) is 17.8 Å². The monoisotopic (exact) mass is 385 g/mol. The summed E-state index contributed by atoms with van der Waals surface area (Å²) in [6.07, 6.45) is 7.04. The number of guanidine groups is 1. The predicted octanol–water partition coefficient (Wildman–Crippen LogP) is 2.68. The molecule has 3 rings (SSSR count). The summed E-state index contributed by atoms with van der Waals surface area (Å²) in [4.78, 5) is 4.33. The van der Waals surface area contributed by atoms with Gasteiger partial charge in [-0.15, -0.1) is 0 Å². The van der Waals surface area contributed by atoms with Gasteiger partial charge in [-0.25, -0.2) is 4.68 Å². The molecule has 28 heavy (non-hydrogen) atoms. The molecule has 1 saturated heterocycles. The van der Waals surface area contributed by atoms with Gasteiger partial charge >= 0.3 is 0 Å². The molecule has 7 nitrogen and oxygen atoms in total. The SMILES string of the molecule is CN=C(NCCCOC1CCOCC1)NC(C)c1cccc(-n2cccn2)c1. The fraction of sp³-hybridized carbons (Fsp3) is 0.524. The second kappa shape index (κ2) is 10.8. The van der Waals surface area contributed by atoms with Crippen LogP contribution in [0.3, 0.4) is 0 Å². The Morgan fingerprint density at radius 3 is 2.96 bits per heavy atom. The van der Waals surface area contributed by atoms with Crippen LogP contribution in [0.4, 0.5) is 0 Å². The number of nitrogens with one attached hydrogen (secondary N) is 2. The zero-order valence-corrected chi connectivity index (χ0v) is 16.8. The van der Waals surface area contributed by atoms with Crippen LogP contribution in [0.2, 0.25) is 0 Å². The van der Waals surface area contributed by atoms with Crippen LogP contribution in [0.5, 0.6) is 0 Å². The van der Waals surface area contributed by atoms with Crippen LogP contribution in [0.15, 0.2) is 47.7 Å². The molecule has 0 amide bonds. The average Bonchev–Trinajstić information content (AvgIpc) is 3.28. The Balaban J connectivity index is 1.42. The van der Waals surface area contributed by atoms with E-state index < -0.39 is 0 Å². The third-order valence-electron chi connectivity index (χ3n) is 4.85. The first kappa shape index (κ1) is 20.4. The van der Waals surface area contributed by atoms with E-state index in [2.05, 4.69) is 45.8 Å². The molecule has 1 unspecified atom stereocenters. The minimum atomic E-state index is 0.125. The maximum atomic E-state index is 5.91. The van der Waals surface area contributed by atoms with E-state index in [0.29, 0.717) is 6.10 Å². The van der Waals surface area contributed by atoms with Gasteiger partial charge in [-0.1, -0.05) is 12.1 Å². The number of rotatable bonds is 8. The lowest BCUT2D eigenvalue weighted by Crippen LogP contribution is -2.39. The number of aromatic nitrogens is 2. The number of aliphatic imine (C=N–C) groups is 1. The Morgan fingerprint density at radius 1 is 1.36 bits per heavy atom. The fourth-order valence-corrected chi connectivity index (χ4v) is 3.21. The van der Waals surface area contributed by atoms with E-state index in [1.165, 1.54) is 5.56 Å². The summed E-state index contributed by atoms with van der Waals surface area (Å²) < 4.78 is 13.1. The molecule has 2 N–H and O–H groups in total. The van der Waals surface area contributed by atoms with Crippen LogP contribution < -0.4 is 10.6 Å². The maximum Gasteiger partial charge on any atom is 0.191 e. The highest BCUT2D eigenvalue weighted by atomic mass is 16.5. The third kappa shape index (κ3) is 6.07. The molecule has 1 atom stereocenters. The molecular formula is C21H31N5O2. The molecule has 0 aliphatic carbocycles. The molecule has 1 aliphatic heterocycles. The van der Waals surface area contributed by atoms with E-state index in [1.807, 2.05) is 23.0 Å². The summed E-state index contributed by atoms with van der Waals surface area (Å²) in [5.74, 6) is 0.794. The van der Waals surface area contributed by atoms with Crippen molar-refractivity contribution in [3.8, 4) is 5.69 Å². The highest BCUT2D eigenvalue weighted by molar-refractivity contribution is 5.80. The second-order valence-corrected chi connectivity index (χ2v) is 6.95. The fourth-order valence-electron chi connectivity index (χ4n) is 3.21. The molecule has 2 aromatic rings. The van der Waals surface area contributed by atoms with Crippen LogP contribution >= 0.6 is 0 Å². The molecule has 0 bridgehead atoms. The molecular weight excluding hydrogens is 354 g/mol. The first-order valence-corrected chi connectivity index (χ1v) is 10.0. The number of nitrogens with zero attached hydrogens (tertiary/aromatic N) is 3. The van der Waals surface area contributed by atoms with Crippen molar-refractivity contribution in [2.24, 2.45) is 4.99 Å². The Kier molecular flexibility index (Phi) is 7.87. The Bertz CT molecular complexity index is 726. The standard InChI is InChI=1S/C21H31N5O2/c1-17(18-6-3-7-19(16-18)26-12-4-11-24-26)25-21(22-2)23-10-5-13-28-20-8-14-27-15-9-20/h3-4,6-7,11-12,16-17,20H,5,8-10,13-15H2,1-2H3,(H2,22,23,25). The zero-order valence-electron chi connectivity index (χ0n) is 16.8. The summed E-state index contributed by atoms with van der Waals surface area (Å²) in [6.45, 7) is 5.35. The van der Waals surface area contributed by atoms with Crippen molar-refractivity contribution in [1.29, 1.82) is 0 Å². The van der Waals surface area contributed by atoms with E-state index in [9.17, 15) is 0 Å². The van der Waals surface area contributed by atoms with Gasteiger partial charge < -0.3 is 20.1 Å². The zero-order chi connectivity index (χ0) is 19.6. The van der Waals surface area contributed by atoms with E-state index in [1.54, 1.807) is 13.2 Å². The normalized spacial score (nSPS) is 16.7. The molecule has 7 heteroatoms. The van der Waals surface area contributed by atoms with Gasteiger partial charge in [0, 0.05) is 45.8 Å². The molecule has 0 saturated carbocycles. The van der Waals surface area contributed by atoms with Gasteiger partial charge in [-0.05, 0) is 49.9 Å². The Morgan fingerprint density at radius 2 is 2.21 bits per heavy atom. The second-order valence-electron chi connectivity index (χ2n) is 6.95. The van der Waals surface area contributed by atoms with Crippen molar-refractivity contribution < 1.29 is 9.47 Å². The highest BCUT2D eigenvalue weighted by Gasteiger charge is 2.13. The predicted molar refractivity (Wildman–Crippen MR) is 111 cm³/mol. The van der Waals surface area contributed by atoms with Crippen LogP contribution in [-0.4, -0.2) is 55.3 Å². The molecule has 1 aromatic carbocycles. The maximum absolute atomic E-state index is 5.91.